The molecule has 2 unspecified atom stereocenters. The number of hydrogen-bond donors (Lipinski definition) is 2. The van der Waals surface area contributed by atoms with E-state index < -0.39 is 0 Å². The Hall–Kier alpha value is -0.510. The van der Waals surface area contributed by atoms with Crippen molar-refractivity contribution in [3.8, 4) is 0 Å². The predicted molar refractivity (Wildman–Crippen MR) is 85.4 cm³/mol. The van der Waals surface area contributed by atoms with Crippen LogP contribution in [0.5, 0.6) is 0 Å². The van der Waals surface area contributed by atoms with E-state index in [9.17, 15) is 5.11 Å². The van der Waals surface area contributed by atoms with Gasteiger partial charge in [-0.15, -0.1) is 11.8 Å². The molecule has 0 saturated heterocycles. The molecule has 2 nitrogen and oxygen atoms in total. The third-order valence-electron chi connectivity index (χ3n) is 4.59. The third-order valence-corrected chi connectivity index (χ3v) is 6.02. The third kappa shape index (κ3) is 3.21. The van der Waals surface area contributed by atoms with Gasteiger partial charge in [-0.2, -0.15) is 0 Å². The zero-order valence-electron chi connectivity index (χ0n) is 12.5. The zero-order chi connectivity index (χ0) is 14.2. The number of nitrogens with one attached hydrogen (secondary N) is 1. The minimum Gasteiger partial charge on any atom is -0.394 e. The van der Waals surface area contributed by atoms with Gasteiger partial charge in [0, 0.05) is 21.7 Å². The van der Waals surface area contributed by atoms with E-state index in [1.807, 2.05) is 11.8 Å². The Morgan fingerprint density at radius 2 is 2.10 bits per heavy atom. The lowest BCUT2D eigenvalue weighted by molar-refractivity contribution is 0.163. The summed E-state index contributed by atoms with van der Waals surface area (Å²) in [5.74, 6) is 0. The van der Waals surface area contributed by atoms with Gasteiger partial charge in [-0.05, 0) is 57.6 Å². The highest BCUT2D eigenvalue weighted by atomic mass is 32.2. The fourth-order valence-corrected chi connectivity index (χ4v) is 4.68. The van der Waals surface area contributed by atoms with Crippen molar-refractivity contribution in [2.24, 2.45) is 0 Å². The molecule has 0 heterocycles. The molecule has 0 amide bonds. The summed E-state index contributed by atoms with van der Waals surface area (Å²) in [5, 5.41) is 14.1. The molecule has 2 N–H and O–H groups in total. The smallest absolute Gasteiger partial charge is 0.0613 e. The number of aliphatic hydroxyl groups is 1. The van der Waals surface area contributed by atoms with Crippen molar-refractivity contribution in [2.45, 2.75) is 67.7 Å². The van der Waals surface area contributed by atoms with Gasteiger partial charge in [-0.25, -0.2) is 0 Å². The maximum absolute atomic E-state index is 9.80. The van der Waals surface area contributed by atoms with Gasteiger partial charge < -0.3 is 10.4 Å². The van der Waals surface area contributed by atoms with Gasteiger partial charge in [0.05, 0.1) is 6.61 Å². The monoisotopic (exact) mass is 291 g/mol. The molecule has 2 aliphatic carbocycles. The molecule has 2 saturated carbocycles. The van der Waals surface area contributed by atoms with Crippen molar-refractivity contribution in [1.29, 1.82) is 0 Å². The van der Waals surface area contributed by atoms with Crippen molar-refractivity contribution < 1.29 is 5.11 Å². The normalized spacial score (nSPS) is 29.9. The average Bonchev–Trinajstić information content (AvgIpc) is 3.14. The van der Waals surface area contributed by atoms with Gasteiger partial charge in [0.2, 0.25) is 0 Å². The average molecular weight is 291 g/mol. The lowest BCUT2D eigenvalue weighted by atomic mass is 9.99. The minimum absolute atomic E-state index is 0.00341. The zero-order valence-corrected chi connectivity index (χ0v) is 13.3. The molecule has 2 atom stereocenters. The van der Waals surface area contributed by atoms with Gasteiger partial charge in [-0.1, -0.05) is 17.7 Å². The highest BCUT2D eigenvalue weighted by Crippen LogP contribution is 2.42. The highest BCUT2D eigenvalue weighted by molar-refractivity contribution is 8.00. The quantitative estimate of drug-likeness (QED) is 0.872. The predicted octanol–water partition coefficient (Wildman–Crippen LogP) is 3.43. The molecule has 110 valence electrons. The van der Waals surface area contributed by atoms with E-state index in [0.29, 0.717) is 11.3 Å². The molecule has 2 fully saturated rings. The van der Waals surface area contributed by atoms with Gasteiger partial charge >= 0.3 is 0 Å². The molecule has 20 heavy (non-hydrogen) atoms. The van der Waals surface area contributed by atoms with Crippen LogP contribution in [0.4, 0.5) is 0 Å². The van der Waals surface area contributed by atoms with Gasteiger partial charge in [0.1, 0.15) is 0 Å². The molecule has 0 spiro atoms. The first kappa shape index (κ1) is 14.4. The van der Waals surface area contributed by atoms with E-state index in [1.165, 1.54) is 35.3 Å². The first-order valence-electron chi connectivity index (χ1n) is 7.73. The first-order valence-corrected chi connectivity index (χ1v) is 8.61. The molecule has 2 aliphatic rings. The Bertz CT molecular complexity index is 486. The van der Waals surface area contributed by atoms with Crippen LogP contribution in [0.1, 0.15) is 43.2 Å². The summed E-state index contributed by atoms with van der Waals surface area (Å²) in [7, 11) is 0. The lowest BCUT2D eigenvalue weighted by Gasteiger charge is -2.28. The maximum Gasteiger partial charge on any atom is 0.0613 e. The molecule has 3 rings (SSSR count). The summed E-state index contributed by atoms with van der Waals surface area (Å²) in [6.07, 6.45) is 5.99. The second-order valence-electron chi connectivity index (χ2n) is 6.61. The lowest BCUT2D eigenvalue weighted by Crippen LogP contribution is -2.47. The first-order chi connectivity index (χ1) is 9.60. The number of thioether (sulfide) groups is 1. The molecular formula is C17H25NOS. The summed E-state index contributed by atoms with van der Waals surface area (Å²) in [6, 6.07) is 7.37. The summed E-state index contributed by atoms with van der Waals surface area (Å²) in [5.41, 5.74) is 2.70. The Labute approximate surface area is 126 Å². The largest absolute Gasteiger partial charge is 0.394 e. The van der Waals surface area contributed by atoms with Gasteiger partial charge in [-0.3, -0.25) is 0 Å². The second kappa shape index (κ2) is 5.70. The standard InChI is InChI=1S/C17H25NOS/c1-12-3-4-13(2)16(9-12)20-15-7-8-17(10-15,11-19)18-14-5-6-14/h3-4,9,14-15,18-19H,5-8,10-11H2,1-2H3. The van der Waals surface area contributed by atoms with Crippen molar-refractivity contribution in [3.05, 3.63) is 29.3 Å². The molecular weight excluding hydrogens is 266 g/mol. The summed E-state index contributed by atoms with van der Waals surface area (Å²) < 4.78 is 0. The van der Waals surface area contributed by atoms with Crippen molar-refractivity contribution >= 4 is 11.8 Å². The van der Waals surface area contributed by atoms with Crippen LogP contribution in [0.15, 0.2) is 23.1 Å². The molecule has 3 heteroatoms. The Kier molecular flexibility index (Phi) is 4.11. The summed E-state index contributed by atoms with van der Waals surface area (Å²) >= 11 is 2.01. The number of benzene rings is 1. The van der Waals surface area contributed by atoms with Crippen molar-refractivity contribution in [2.75, 3.05) is 6.61 Å². The van der Waals surface area contributed by atoms with E-state index in [0.717, 1.165) is 12.8 Å². The van der Waals surface area contributed by atoms with E-state index in [2.05, 4.69) is 37.4 Å². The van der Waals surface area contributed by atoms with Crippen molar-refractivity contribution in [1.82, 2.24) is 5.32 Å². The van der Waals surface area contributed by atoms with Crippen molar-refractivity contribution in [3.63, 3.8) is 0 Å². The minimum atomic E-state index is -0.00341. The van der Waals surface area contributed by atoms with Crippen LogP contribution in [0.25, 0.3) is 0 Å². The van der Waals surface area contributed by atoms with Crippen LogP contribution in [0.2, 0.25) is 0 Å². The highest BCUT2D eigenvalue weighted by Gasteiger charge is 2.42. The molecule has 0 bridgehead atoms. The SMILES string of the molecule is Cc1ccc(C)c(SC2CCC(CO)(NC3CC3)C2)c1. The maximum atomic E-state index is 9.80. The fraction of sp³-hybridized carbons (Fsp3) is 0.647. The van der Waals surface area contributed by atoms with Gasteiger partial charge in [0.15, 0.2) is 0 Å². The Morgan fingerprint density at radius 1 is 1.30 bits per heavy atom. The number of aryl methyl sites for hydroxylation is 2. The second-order valence-corrected chi connectivity index (χ2v) is 7.95. The molecule has 1 aromatic rings. The van der Waals surface area contributed by atoms with Crippen LogP contribution < -0.4 is 5.32 Å². The van der Waals surface area contributed by atoms with E-state index >= 15 is 0 Å². The van der Waals surface area contributed by atoms with Crippen LogP contribution in [-0.4, -0.2) is 28.5 Å². The topological polar surface area (TPSA) is 32.3 Å². The molecule has 1 aromatic carbocycles. The van der Waals surface area contributed by atoms with E-state index in [-0.39, 0.29) is 12.1 Å². The number of rotatable bonds is 5. The van der Waals surface area contributed by atoms with Gasteiger partial charge in [0.25, 0.3) is 0 Å². The molecule has 0 radical (unpaired) electrons. The Balaban J connectivity index is 1.65. The van der Waals surface area contributed by atoms with E-state index in [4.69, 9.17) is 0 Å². The van der Waals surface area contributed by atoms with Crippen LogP contribution in [0.3, 0.4) is 0 Å². The van der Waals surface area contributed by atoms with E-state index in [1.54, 1.807) is 0 Å². The van der Waals surface area contributed by atoms with Crippen LogP contribution >= 0.6 is 11.8 Å². The summed E-state index contributed by atoms with van der Waals surface area (Å²) in [4.78, 5) is 1.41. The fourth-order valence-electron chi connectivity index (χ4n) is 3.17. The van der Waals surface area contributed by atoms with Crippen LogP contribution in [0, 0.1) is 13.8 Å². The number of aliphatic hydroxyl groups excluding tert-OH is 1. The molecule has 0 aromatic heterocycles. The summed E-state index contributed by atoms with van der Waals surface area (Å²) in [6.45, 7) is 4.64. The Morgan fingerprint density at radius 3 is 2.80 bits per heavy atom. The number of hydrogen-bond acceptors (Lipinski definition) is 3. The van der Waals surface area contributed by atoms with Crippen LogP contribution in [-0.2, 0) is 0 Å². The molecule has 0 aliphatic heterocycles.